The van der Waals surface area contributed by atoms with E-state index < -0.39 is 17.5 Å². The lowest BCUT2D eigenvalue weighted by Crippen LogP contribution is -2.47. The van der Waals surface area contributed by atoms with Gasteiger partial charge in [-0.3, -0.25) is 4.79 Å². The Hall–Kier alpha value is -2.14. The largest absolute Gasteiger partial charge is 0.507 e. The number of carbonyl (C=O) groups excluding carboxylic acids is 2. The van der Waals surface area contributed by atoms with Crippen LogP contribution >= 0.6 is 0 Å². The number of phenols is 1. The Kier molecular flexibility index (Phi) is 3.38. The molecule has 0 aromatic heterocycles. The molecular weight excluding hydrogens is 320 g/mol. The molecule has 1 heterocycles. The number of rotatable bonds is 1. The molecule has 2 N–H and O–H groups in total. The molecule has 1 aromatic carbocycles. The Labute approximate surface area is 146 Å². The molecule has 3 aliphatic rings. The lowest BCUT2D eigenvalue weighted by Gasteiger charge is -2.47. The predicted octanol–water partition coefficient (Wildman–Crippen LogP) is 2.59. The van der Waals surface area contributed by atoms with Crippen molar-refractivity contribution in [3.63, 3.8) is 0 Å². The fourth-order valence-electron chi connectivity index (χ4n) is 4.86. The lowest BCUT2D eigenvalue weighted by atomic mass is 9.56. The minimum atomic E-state index is -0.903. The Morgan fingerprint density at radius 2 is 2.00 bits per heavy atom. The number of esters is 1. The highest BCUT2D eigenvalue weighted by molar-refractivity contribution is 6.03. The maximum absolute atomic E-state index is 12.9. The molecule has 3 atom stereocenters. The van der Waals surface area contributed by atoms with Gasteiger partial charge in [-0.2, -0.15) is 0 Å². The number of hydrogen-bond acceptors (Lipinski definition) is 5. The topological polar surface area (TPSA) is 83.8 Å². The SMILES string of the molecule is CC(C)c1ccc2c(c1O)C(=O)C[C@H]1C3=C(C(=O)OC3)[C@@H](O)C[C@]21C. The van der Waals surface area contributed by atoms with Crippen LogP contribution in [0.4, 0.5) is 0 Å². The minimum Gasteiger partial charge on any atom is -0.507 e. The van der Waals surface area contributed by atoms with Gasteiger partial charge in [-0.1, -0.05) is 32.9 Å². The molecule has 4 rings (SSSR count). The van der Waals surface area contributed by atoms with Gasteiger partial charge in [-0.25, -0.2) is 4.79 Å². The van der Waals surface area contributed by atoms with Crippen LogP contribution in [-0.4, -0.2) is 34.7 Å². The summed E-state index contributed by atoms with van der Waals surface area (Å²) in [6, 6.07) is 3.77. The van der Waals surface area contributed by atoms with E-state index in [4.69, 9.17) is 4.74 Å². The van der Waals surface area contributed by atoms with Gasteiger partial charge in [-0.05, 0) is 29.0 Å². The zero-order valence-electron chi connectivity index (χ0n) is 14.6. The number of hydrogen-bond donors (Lipinski definition) is 2. The highest BCUT2D eigenvalue weighted by Gasteiger charge is 2.54. The van der Waals surface area contributed by atoms with Crippen molar-refractivity contribution in [2.24, 2.45) is 5.92 Å². The van der Waals surface area contributed by atoms with E-state index in [1.807, 2.05) is 32.9 Å². The van der Waals surface area contributed by atoms with Crippen molar-refractivity contribution in [3.8, 4) is 5.75 Å². The molecule has 0 saturated carbocycles. The van der Waals surface area contributed by atoms with Crippen LogP contribution in [0.1, 0.15) is 61.0 Å². The van der Waals surface area contributed by atoms with Crippen LogP contribution in [0.3, 0.4) is 0 Å². The normalized spacial score (nSPS) is 30.9. The maximum Gasteiger partial charge on any atom is 0.337 e. The number of ether oxygens (including phenoxy) is 1. The summed E-state index contributed by atoms with van der Waals surface area (Å²) in [4.78, 5) is 24.8. The van der Waals surface area contributed by atoms with Crippen LogP contribution in [0.2, 0.25) is 0 Å². The molecule has 0 fully saturated rings. The molecule has 5 heteroatoms. The van der Waals surface area contributed by atoms with Crippen molar-refractivity contribution in [2.45, 2.75) is 51.0 Å². The average Bonchev–Trinajstić information content (AvgIpc) is 2.91. The standard InChI is InChI=1S/C20H22O5/c1-9(2)10-4-5-12-17(18(10)23)14(21)6-13-11-8-25-19(24)16(11)15(22)7-20(12,13)3/h4-5,9,13,15,22-23H,6-8H2,1-3H3/t13-,15-,20+/m0/s1. The minimum absolute atomic E-state index is 0.0604. The van der Waals surface area contributed by atoms with E-state index in [1.165, 1.54) is 0 Å². The number of aliphatic hydroxyl groups excluding tert-OH is 1. The van der Waals surface area contributed by atoms with Gasteiger partial charge in [-0.15, -0.1) is 0 Å². The maximum atomic E-state index is 12.9. The fourth-order valence-corrected chi connectivity index (χ4v) is 4.86. The summed E-state index contributed by atoms with van der Waals surface area (Å²) >= 11 is 0. The van der Waals surface area contributed by atoms with E-state index in [0.29, 0.717) is 17.6 Å². The predicted molar refractivity (Wildman–Crippen MR) is 90.6 cm³/mol. The first-order chi connectivity index (χ1) is 11.8. The molecule has 132 valence electrons. The van der Waals surface area contributed by atoms with Crippen LogP contribution in [0.15, 0.2) is 23.3 Å². The molecule has 1 aliphatic heterocycles. The first-order valence-electron chi connectivity index (χ1n) is 8.73. The second kappa shape index (κ2) is 5.18. The van der Waals surface area contributed by atoms with Gasteiger partial charge in [0.2, 0.25) is 0 Å². The van der Waals surface area contributed by atoms with E-state index in [2.05, 4.69) is 0 Å². The Morgan fingerprint density at radius 3 is 2.68 bits per heavy atom. The van der Waals surface area contributed by atoms with Crippen LogP contribution in [0.5, 0.6) is 5.75 Å². The third-order valence-corrected chi connectivity index (χ3v) is 6.18. The molecular formula is C20H22O5. The van der Waals surface area contributed by atoms with Crippen molar-refractivity contribution in [2.75, 3.05) is 6.61 Å². The second-order valence-corrected chi connectivity index (χ2v) is 7.91. The summed E-state index contributed by atoms with van der Waals surface area (Å²) in [6.45, 7) is 6.10. The van der Waals surface area contributed by atoms with Gasteiger partial charge in [0.1, 0.15) is 12.4 Å². The number of benzene rings is 1. The molecule has 5 nitrogen and oxygen atoms in total. The van der Waals surface area contributed by atoms with E-state index in [0.717, 1.165) is 16.7 Å². The summed E-state index contributed by atoms with van der Waals surface area (Å²) in [7, 11) is 0. The average molecular weight is 342 g/mol. The molecule has 25 heavy (non-hydrogen) atoms. The number of aliphatic hydroxyl groups is 1. The van der Waals surface area contributed by atoms with Crippen molar-refractivity contribution in [3.05, 3.63) is 40.0 Å². The van der Waals surface area contributed by atoms with Gasteiger partial charge in [0, 0.05) is 17.8 Å². The first kappa shape index (κ1) is 16.3. The van der Waals surface area contributed by atoms with E-state index in [1.54, 1.807) is 0 Å². The molecule has 2 aliphatic carbocycles. The summed E-state index contributed by atoms with van der Waals surface area (Å²) in [5.41, 5.74) is 2.47. The molecule has 0 radical (unpaired) electrons. The zero-order valence-corrected chi connectivity index (χ0v) is 14.6. The number of fused-ring (bicyclic) bond motifs is 4. The summed E-state index contributed by atoms with van der Waals surface area (Å²) in [5.74, 6) is -0.594. The number of carbonyl (C=O) groups is 2. The zero-order chi connectivity index (χ0) is 18.1. The van der Waals surface area contributed by atoms with Crippen LogP contribution < -0.4 is 0 Å². The van der Waals surface area contributed by atoms with Crippen LogP contribution in [0, 0.1) is 5.92 Å². The highest BCUT2D eigenvalue weighted by atomic mass is 16.5. The van der Waals surface area contributed by atoms with Gasteiger partial charge >= 0.3 is 5.97 Å². The quantitative estimate of drug-likeness (QED) is 0.767. The van der Waals surface area contributed by atoms with Crippen LogP contribution in [0.25, 0.3) is 0 Å². The highest BCUT2D eigenvalue weighted by Crippen LogP contribution is 2.55. The molecule has 0 bridgehead atoms. The van der Waals surface area contributed by atoms with Crippen LogP contribution in [-0.2, 0) is 14.9 Å². The van der Waals surface area contributed by atoms with Crippen molar-refractivity contribution in [1.29, 1.82) is 0 Å². The fraction of sp³-hybridized carbons (Fsp3) is 0.500. The lowest BCUT2D eigenvalue weighted by molar-refractivity contribution is -0.136. The molecule has 0 saturated heterocycles. The van der Waals surface area contributed by atoms with Crippen molar-refractivity contribution in [1.82, 2.24) is 0 Å². The van der Waals surface area contributed by atoms with Crippen molar-refractivity contribution < 1.29 is 24.5 Å². The van der Waals surface area contributed by atoms with E-state index >= 15 is 0 Å². The molecule has 0 spiro atoms. The number of ketones is 1. The summed E-state index contributed by atoms with van der Waals surface area (Å²) in [5, 5.41) is 21.3. The number of cyclic esters (lactones) is 1. The Bertz CT molecular complexity index is 835. The van der Waals surface area contributed by atoms with Gasteiger partial charge in [0.25, 0.3) is 0 Å². The number of Topliss-reactive ketones (excluding diaryl/α,β-unsaturated/α-hetero) is 1. The smallest absolute Gasteiger partial charge is 0.337 e. The first-order valence-corrected chi connectivity index (χ1v) is 8.73. The molecule has 0 unspecified atom stereocenters. The third-order valence-electron chi connectivity index (χ3n) is 6.18. The van der Waals surface area contributed by atoms with E-state index in [9.17, 15) is 19.8 Å². The van der Waals surface area contributed by atoms with Gasteiger partial charge < -0.3 is 14.9 Å². The number of aromatic hydroxyl groups is 1. The third kappa shape index (κ3) is 2.05. The molecule has 1 aromatic rings. The van der Waals surface area contributed by atoms with Crippen molar-refractivity contribution >= 4 is 11.8 Å². The Morgan fingerprint density at radius 1 is 1.28 bits per heavy atom. The molecule has 0 amide bonds. The number of phenolic OH excluding ortho intramolecular Hbond substituents is 1. The Balaban J connectivity index is 1.93. The monoisotopic (exact) mass is 342 g/mol. The van der Waals surface area contributed by atoms with E-state index in [-0.39, 0.29) is 36.4 Å². The summed E-state index contributed by atoms with van der Waals surface area (Å²) < 4.78 is 5.13. The van der Waals surface area contributed by atoms with Gasteiger partial charge in [0.05, 0.1) is 17.2 Å². The van der Waals surface area contributed by atoms with Gasteiger partial charge in [0.15, 0.2) is 5.78 Å². The second-order valence-electron chi connectivity index (χ2n) is 7.91. The summed E-state index contributed by atoms with van der Waals surface area (Å²) in [6.07, 6.45) is -0.341.